The summed E-state index contributed by atoms with van der Waals surface area (Å²) in [6.07, 6.45) is 2.94. The maximum Gasteiger partial charge on any atom is 0.192 e. The van der Waals surface area contributed by atoms with Crippen molar-refractivity contribution in [2.24, 2.45) is 0 Å². The van der Waals surface area contributed by atoms with Gasteiger partial charge in [-0.05, 0) is 38.7 Å². The molecule has 88 valence electrons. The predicted octanol–water partition coefficient (Wildman–Crippen LogP) is 0.835. The second kappa shape index (κ2) is 5.27. The van der Waals surface area contributed by atoms with E-state index < -0.39 is 0 Å². The molecular formula is C12H19N3O. The third-order valence-corrected chi connectivity index (χ3v) is 3.08. The fraction of sp³-hybridized carbons (Fsp3) is 0.583. The topological polar surface area (TPSA) is 39.3 Å². The van der Waals surface area contributed by atoms with Crippen LogP contribution in [0.4, 0.5) is 0 Å². The van der Waals surface area contributed by atoms with Crippen molar-refractivity contribution >= 4 is 5.78 Å². The van der Waals surface area contributed by atoms with E-state index in [-0.39, 0.29) is 5.78 Å². The highest BCUT2D eigenvalue weighted by Crippen LogP contribution is 2.03. The highest BCUT2D eigenvalue weighted by atomic mass is 16.1. The van der Waals surface area contributed by atoms with Crippen LogP contribution in [0.25, 0.3) is 0 Å². The maximum absolute atomic E-state index is 11.9. The Hall–Kier alpha value is -1.13. The summed E-state index contributed by atoms with van der Waals surface area (Å²) in [5, 5.41) is 0. The molecule has 0 unspecified atom stereocenters. The summed E-state index contributed by atoms with van der Waals surface area (Å²) in [6.45, 7) is 4.74. The lowest BCUT2D eigenvalue weighted by Gasteiger charge is -2.18. The summed E-state index contributed by atoms with van der Waals surface area (Å²) in [5.74, 6) is 0.189. The number of nitrogens with one attached hydrogen (secondary N) is 1. The molecule has 1 aliphatic heterocycles. The smallest absolute Gasteiger partial charge is 0.192 e. The molecule has 0 aliphatic carbocycles. The number of ketones is 1. The Morgan fingerprint density at radius 2 is 2.25 bits per heavy atom. The molecular weight excluding hydrogens is 202 g/mol. The molecule has 1 aromatic heterocycles. The van der Waals surface area contributed by atoms with Gasteiger partial charge < -0.3 is 9.88 Å². The van der Waals surface area contributed by atoms with Gasteiger partial charge in [-0.2, -0.15) is 0 Å². The fourth-order valence-corrected chi connectivity index (χ4v) is 2.05. The largest absolute Gasteiger partial charge is 0.359 e. The van der Waals surface area contributed by atoms with Crippen LogP contribution in [0.3, 0.4) is 0 Å². The second-order valence-electron chi connectivity index (χ2n) is 4.44. The minimum atomic E-state index is 0.189. The molecule has 1 aliphatic rings. The molecule has 0 bridgehead atoms. The third kappa shape index (κ3) is 2.93. The van der Waals surface area contributed by atoms with E-state index in [2.05, 4.69) is 21.8 Å². The highest BCUT2D eigenvalue weighted by Gasteiger charge is 2.16. The van der Waals surface area contributed by atoms with Crippen LogP contribution in [0.5, 0.6) is 0 Å². The van der Waals surface area contributed by atoms with Crippen LogP contribution in [-0.4, -0.2) is 60.3 Å². The van der Waals surface area contributed by atoms with Crippen molar-refractivity contribution in [3.63, 3.8) is 0 Å². The van der Waals surface area contributed by atoms with Gasteiger partial charge in [0.1, 0.15) is 0 Å². The number of likely N-dealkylation sites (N-methyl/N-ethyl adjacent to an activating group) is 1. The number of Topliss-reactive ketones (excluding diaryl/α,β-unsaturated/α-hetero) is 1. The van der Waals surface area contributed by atoms with Crippen LogP contribution in [0.1, 0.15) is 16.9 Å². The number of rotatable bonds is 3. The quantitative estimate of drug-likeness (QED) is 0.769. The zero-order valence-electron chi connectivity index (χ0n) is 9.78. The molecule has 0 aromatic carbocycles. The van der Waals surface area contributed by atoms with Gasteiger partial charge in [-0.25, -0.2) is 0 Å². The molecule has 0 atom stereocenters. The van der Waals surface area contributed by atoms with Crippen molar-refractivity contribution in [1.29, 1.82) is 0 Å². The summed E-state index contributed by atoms with van der Waals surface area (Å²) in [6, 6.07) is 3.70. The van der Waals surface area contributed by atoms with Crippen molar-refractivity contribution < 1.29 is 4.79 Å². The summed E-state index contributed by atoms with van der Waals surface area (Å²) in [4.78, 5) is 19.4. The minimum absolute atomic E-state index is 0.189. The van der Waals surface area contributed by atoms with Crippen LogP contribution in [-0.2, 0) is 0 Å². The molecule has 16 heavy (non-hydrogen) atoms. The van der Waals surface area contributed by atoms with E-state index in [1.54, 1.807) is 6.20 Å². The molecule has 0 spiro atoms. The third-order valence-electron chi connectivity index (χ3n) is 3.08. The monoisotopic (exact) mass is 221 g/mol. The van der Waals surface area contributed by atoms with E-state index in [1.165, 1.54) is 0 Å². The Kier molecular flexibility index (Phi) is 3.74. The number of aromatic amines is 1. The lowest BCUT2D eigenvalue weighted by Crippen LogP contribution is -2.33. The first-order valence-electron chi connectivity index (χ1n) is 5.83. The Bertz CT molecular complexity index is 334. The van der Waals surface area contributed by atoms with Gasteiger partial charge in [0.2, 0.25) is 0 Å². The molecule has 4 heteroatoms. The number of nitrogens with zero attached hydrogens (tertiary/aromatic N) is 2. The summed E-state index contributed by atoms with van der Waals surface area (Å²) >= 11 is 0. The number of hydrogen-bond donors (Lipinski definition) is 1. The molecule has 0 saturated carbocycles. The Morgan fingerprint density at radius 3 is 3.00 bits per heavy atom. The van der Waals surface area contributed by atoms with Gasteiger partial charge in [0.15, 0.2) is 5.78 Å². The summed E-state index contributed by atoms with van der Waals surface area (Å²) in [7, 11) is 2.14. The number of carbonyl (C=O) groups is 1. The van der Waals surface area contributed by atoms with E-state index in [0.29, 0.717) is 6.54 Å². The molecule has 0 radical (unpaired) electrons. The highest BCUT2D eigenvalue weighted by molar-refractivity contribution is 5.95. The van der Waals surface area contributed by atoms with Gasteiger partial charge in [0.25, 0.3) is 0 Å². The molecule has 1 N–H and O–H groups in total. The maximum atomic E-state index is 11.9. The number of aromatic nitrogens is 1. The normalized spacial score (nSPS) is 19.6. The van der Waals surface area contributed by atoms with Gasteiger partial charge in [0, 0.05) is 19.3 Å². The van der Waals surface area contributed by atoms with E-state index in [1.807, 2.05) is 12.1 Å². The van der Waals surface area contributed by atoms with E-state index >= 15 is 0 Å². The van der Waals surface area contributed by atoms with Crippen molar-refractivity contribution in [2.75, 3.05) is 39.8 Å². The minimum Gasteiger partial charge on any atom is -0.359 e. The Morgan fingerprint density at radius 1 is 1.38 bits per heavy atom. The van der Waals surface area contributed by atoms with Crippen molar-refractivity contribution in [3.05, 3.63) is 24.0 Å². The average molecular weight is 221 g/mol. The SMILES string of the molecule is CN1CCCN(CC(=O)c2ccc[nH]2)CC1. The van der Waals surface area contributed by atoms with Crippen LogP contribution in [0.15, 0.2) is 18.3 Å². The Balaban J connectivity index is 1.87. The first-order chi connectivity index (χ1) is 7.75. The van der Waals surface area contributed by atoms with Gasteiger partial charge in [-0.15, -0.1) is 0 Å². The fourth-order valence-electron chi connectivity index (χ4n) is 2.05. The number of carbonyl (C=O) groups excluding carboxylic acids is 1. The molecule has 1 fully saturated rings. The number of H-pyrrole nitrogens is 1. The van der Waals surface area contributed by atoms with Gasteiger partial charge in [-0.3, -0.25) is 9.69 Å². The standard InChI is InChI=1S/C12H19N3O/c1-14-6-3-7-15(9-8-14)10-12(16)11-4-2-5-13-11/h2,4-5,13H,3,6-10H2,1H3. The van der Waals surface area contributed by atoms with Crippen molar-refractivity contribution in [2.45, 2.75) is 6.42 Å². The summed E-state index contributed by atoms with van der Waals surface area (Å²) < 4.78 is 0. The number of hydrogen-bond acceptors (Lipinski definition) is 3. The first-order valence-corrected chi connectivity index (χ1v) is 5.83. The lowest BCUT2D eigenvalue weighted by atomic mass is 10.2. The lowest BCUT2D eigenvalue weighted by molar-refractivity contribution is 0.0929. The van der Waals surface area contributed by atoms with Crippen LogP contribution in [0, 0.1) is 0 Å². The van der Waals surface area contributed by atoms with Crippen molar-refractivity contribution in [3.8, 4) is 0 Å². The van der Waals surface area contributed by atoms with E-state index in [0.717, 1.165) is 38.3 Å². The van der Waals surface area contributed by atoms with Gasteiger partial charge in [0.05, 0.1) is 12.2 Å². The first kappa shape index (κ1) is 11.4. The zero-order chi connectivity index (χ0) is 11.4. The van der Waals surface area contributed by atoms with Crippen LogP contribution in [0.2, 0.25) is 0 Å². The van der Waals surface area contributed by atoms with Gasteiger partial charge >= 0.3 is 0 Å². The van der Waals surface area contributed by atoms with E-state index in [9.17, 15) is 4.79 Å². The molecule has 1 aromatic rings. The Labute approximate surface area is 96.2 Å². The second-order valence-corrected chi connectivity index (χ2v) is 4.44. The molecule has 2 rings (SSSR count). The average Bonchev–Trinajstić information content (AvgIpc) is 2.72. The summed E-state index contributed by atoms with van der Waals surface area (Å²) in [5.41, 5.74) is 0.720. The van der Waals surface area contributed by atoms with Gasteiger partial charge in [-0.1, -0.05) is 0 Å². The molecule has 2 heterocycles. The van der Waals surface area contributed by atoms with Crippen LogP contribution < -0.4 is 0 Å². The van der Waals surface area contributed by atoms with E-state index in [4.69, 9.17) is 0 Å². The predicted molar refractivity (Wildman–Crippen MR) is 63.7 cm³/mol. The molecule has 1 saturated heterocycles. The van der Waals surface area contributed by atoms with Crippen molar-refractivity contribution in [1.82, 2.24) is 14.8 Å². The molecule has 4 nitrogen and oxygen atoms in total. The molecule has 0 amide bonds. The zero-order valence-corrected chi connectivity index (χ0v) is 9.78. The van der Waals surface area contributed by atoms with Crippen LogP contribution >= 0.6 is 0 Å².